The van der Waals surface area contributed by atoms with Gasteiger partial charge in [-0.25, -0.2) is 0 Å². The monoisotopic (exact) mass is 234 g/mol. The van der Waals surface area contributed by atoms with Crippen molar-refractivity contribution in [1.29, 1.82) is 0 Å². The molecule has 0 aliphatic carbocycles. The van der Waals surface area contributed by atoms with Crippen molar-refractivity contribution < 1.29 is 19.1 Å². The number of rotatable bonds is 4. The molecule has 0 bridgehead atoms. The van der Waals surface area contributed by atoms with Crippen molar-refractivity contribution >= 4 is 16.9 Å². The molecule has 90 valence electrons. The topological polar surface area (TPSA) is 59.7 Å². The number of hydrogen-bond acceptors (Lipinski definition) is 3. The fourth-order valence-electron chi connectivity index (χ4n) is 1.86. The smallest absolute Gasteiger partial charge is 0.306 e. The molecule has 0 radical (unpaired) electrons. The summed E-state index contributed by atoms with van der Waals surface area (Å²) in [5.74, 6) is -0.543. The molecule has 1 N–H and O–H groups in total. The van der Waals surface area contributed by atoms with Gasteiger partial charge >= 0.3 is 5.97 Å². The summed E-state index contributed by atoms with van der Waals surface area (Å²) in [5, 5.41) is 9.78. The Bertz CT molecular complexity index is 541. The first kappa shape index (κ1) is 11.5. The predicted octanol–water partition coefficient (Wildman–Crippen LogP) is 2.70. The van der Waals surface area contributed by atoms with Crippen LogP contribution in [0.25, 0.3) is 11.0 Å². The molecule has 4 nitrogen and oxygen atoms in total. The van der Waals surface area contributed by atoms with E-state index in [1.807, 2.05) is 18.2 Å². The Hall–Kier alpha value is -1.97. The summed E-state index contributed by atoms with van der Waals surface area (Å²) in [6, 6.07) is 5.52. The molecule has 1 aromatic carbocycles. The molecule has 0 saturated heterocycles. The van der Waals surface area contributed by atoms with Crippen molar-refractivity contribution in [2.45, 2.75) is 13.3 Å². The van der Waals surface area contributed by atoms with E-state index in [0.717, 1.165) is 16.5 Å². The minimum atomic E-state index is -0.811. The fraction of sp³-hybridized carbons (Fsp3) is 0.308. The largest absolute Gasteiger partial charge is 0.496 e. The molecule has 0 aliphatic rings. The summed E-state index contributed by atoms with van der Waals surface area (Å²) in [6.45, 7) is 1.68. The van der Waals surface area contributed by atoms with E-state index < -0.39 is 11.9 Å². The Morgan fingerprint density at radius 3 is 2.94 bits per heavy atom. The molecule has 2 rings (SSSR count). The van der Waals surface area contributed by atoms with Crippen LogP contribution in [0.4, 0.5) is 0 Å². The number of furan rings is 1. The van der Waals surface area contributed by atoms with Gasteiger partial charge in [-0.05, 0) is 18.6 Å². The highest BCUT2D eigenvalue weighted by atomic mass is 16.5. The van der Waals surface area contributed by atoms with Gasteiger partial charge in [-0.1, -0.05) is 13.0 Å². The van der Waals surface area contributed by atoms with E-state index in [1.54, 1.807) is 20.3 Å². The summed E-state index contributed by atoms with van der Waals surface area (Å²) in [7, 11) is 1.59. The average molecular weight is 234 g/mol. The van der Waals surface area contributed by atoms with Crippen LogP contribution in [0.5, 0.6) is 5.75 Å². The molecule has 0 fully saturated rings. The number of aliphatic carboxylic acids is 1. The van der Waals surface area contributed by atoms with E-state index >= 15 is 0 Å². The molecule has 1 unspecified atom stereocenters. The van der Waals surface area contributed by atoms with Crippen molar-refractivity contribution in [3.8, 4) is 5.75 Å². The molecule has 17 heavy (non-hydrogen) atoms. The second-order valence-corrected chi connectivity index (χ2v) is 4.04. The third-order valence-corrected chi connectivity index (χ3v) is 2.80. The van der Waals surface area contributed by atoms with Crippen molar-refractivity contribution in [1.82, 2.24) is 0 Å². The molecule has 0 saturated carbocycles. The molecule has 1 heterocycles. The number of carboxylic acid groups (broad SMARTS) is 1. The number of methoxy groups -OCH3 is 1. The van der Waals surface area contributed by atoms with Crippen molar-refractivity contribution in [3.63, 3.8) is 0 Å². The van der Waals surface area contributed by atoms with Crippen LogP contribution in [-0.2, 0) is 11.2 Å². The highest BCUT2D eigenvalue weighted by Gasteiger charge is 2.17. The molecule has 0 spiro atoms. The highest BCUT2D eigenvalue weighted by molar-refractivity contribution is 5.88. The van der Waals surface area contributed by atoms with E-state index in [9.17, 15) is 4.79 Å². The maximum absolute atomic E-state index is 10.9. The normalized spacial score (nSPS) is 12.6. The summed E-state index contributed by atoms with van der Waals surface area (Å²) in [5.41, 5.74) is 1.59. The van der Waals surface area contributed by atoms with Gasteiger partial charge in [0.2, 0.25) is 0 Å². The molecule has 1 aromatic heterocycles. The lowest BCUT2D eigenvalue weighted by molar-refractivity contribution is -0.141. The first-order chi connectivity index (χ1) is 8.13. The zero-order valence-corrected chi connectivity index (χ0v) is 9.77. The number of fused-ring (bicyclic) bond motifs is 1. The first-order valence-electron chi connectivity index (χ1n) is 5.39. The Morgan fingerprint density at radius 1 is 1.53 bits per heavy atom. The van der Waals surface area contributed by atoms with E-state index in [-0.39, 0.29) is 0 Å². The van der Waals surface area contributed by atoms with Gasteiger partial charge in [0.1, 0.15) is 11.3 Å². The summed E-state index contributed by atoms with van der Waals surface area (Å²) in [6.07, 6.45) is 2.04. The third kappa shape index (κ3) is 2.11. The van der Waals surface area contributed by atoms with Crippen molar-refractivity contribution in [3.05, 3.63) is 30.0 Å². The highest BCUT2D eigenvalue weighted by Crippen LogP contribution is 2.31. The molecule has 0 amide bonds. The van der Waals surface area contributed by atoms with Crippen molar-refractivity contribution in [2.24, 2.45) is 5.92 Å². The van der Waals surface area contributed by atoms with Crippen LogP contribution in [0.15, 0.2) is 28.9 Å². The molecular weight excluding hydrogens is 220 g/mol. The first-order valence-corrected chi connectivity index (χ1v) is 5.39. The van der Waals surface area contributed by atoms with Crippen LogP contribution in [0.1, 0.15) is 12.5 Å². The van der Waals surface area contributed by atoms with E-state index in [0.29, 0.717) is 12.2 Å². The van der Waals surface area contributed by atoms with Crippen LogP contribution in [0.2, 0.25) is 0 Å². The minimum Gasteiger partial charge on any atom is -0.496 e. The number of carbonyl (C=O) groups is 1. The quantitative estimate of drug-likeness (QED) is 0.883. The fourth-order valence-corrected chi connectivity index (χ4v) is 1.86. The van der Waals surface area contributed by atoms with Gasteiger partial charge in [-0.15, -0.1) is 0 Å². The maximum atomic E-state index is 10.9. The zero-order chi connectivity index (χ0) is 12.4. The molecule has 1 atom stereocenters. The standard InChI is InChI=1S/C13H14O4/c1-8(13(14)15)6-9-7-17-11-5-3-4-10(16-2)12(9)11/h3-5,7-8H,6H2,1-2H3,(H,14,15). The summed E-state index contributed by atoms with van der Waals surface area (Å²) >= 11 is 0. The van der Waals surface area contributed by atoms with E-state index in [2.05, 4.69) is 0 Å². The van der Waals surface area contributed by atoms with Gasteiger partial charge in [0.25, 0.3) is 0 Å². The van der Waals surface area contributed by atoms with Gasteiger partial charge < -0.3 is 14.3 Å². The second kappa shape index (κ2) is 4.49. The predicted molar refractivity (Wildman–Crippen MR) is 63.3 cm³/mol. The molecule has 4 heteroatoms. The summed E-state index contributed by atoms with van der Waals surface area (Å²) < 4.78 is 10.7. The van der Waals surface area contributed by atoms with Gasteiger partial charge in [-0.3, -0.25) is 4.79 Å². The second-order valence-electron chi connectivity index (χ2n) is 4.04. The molecular formula is C13H14O4. The van der Waals surface area contributed by atoms with Crippen LogP contribution < -0.4 is 4.74 Å². The molecule has 2 aromatic rings. The molecule has 0 aliphatic heterocycles. The third-order valence-electron chi connectivity index (χ3n) is 2.80. The Kier molecular flexibility index (Phi) is 3.04. The maximum Gasteiger partial charge on any atom is 0.306 e. The number of ether oxygens (including phenoxy) is 1. The van der Waals surface area contributed by atoms with Gasteiger partial charge in [0.05, 0.1) is 24.7 Å². The average Bonchev–Trinajstić information content (AvgIpc) is 2.72. The van der Waals surface area contributed by atoms with Crippen molar-refractivity contribution in [2.75, 3.05) is 7.11 Å². The Morgan fingerprint density at radius 2 is 2.29 bits per heavy atom. The lowest BCUT2D eigenvalue weighted by Gasteiger charge is -2.06. The summed E-state index contributed by atoms with van der Waals surface area (Å²) in [4.78, 5) is 10.9. The van der Waals surface area contributed by atoms with Crippen LogP contribution in [0, 0.1) is 5.92 Å². The lowest BCUT2D eigenvalue weighted by atomic mass is 10.0. The number of hydrogen-bond donors (Lipinski definition) is 1. The van der Waals surface area contributed by atoms with E-state index in [1.165, 1.54) is 0 Å². The number of carboxylic acids is 1. The minimum absolute atomic E-state index is 0.433. The van der Waals surface area contributed by atoms with Crippen LogP contribution in [0.3, 0.4) is 0 Å². The van der Waals surface area contributed by atoms with Crippen LogP contribution in [-0.4, -0.2) is 18.2 Å². The van der Waals surface area contributed by atoms with E-state index in [4.69, 9.17) is 14.3 Å². The van der Waals surface area contributed by atoms with Gasteiger partial charge in [0, 0.05) is 5.56 Å². The Balaban J connectivity index is 2.44. The number of benzene rings is 1. The van der Waals surface area contributed by atoms with Crippen LogP contribution >= 0.6 is 0 Å². The zero-order valence-electron chi connectivity index (χ0n) is 9.77. The SMILES string of the molecule is COc1cccc2occ(CC(C)C(=O)O)c12. The lowest BCUT2D eigenvalue weighted by Crippen LogP contribution is -2.11. The van der Waals surface area contributed by atoms with Gasteiger partial charge in [0.15, 0.2) is 0 Å². The Labute approximate surface area is 98.8 Å². The van der Waals surface area contributed by atoms with Gasteiger partial charge in [-0.2, -0.15) is 0 Å².